The summed E-state index contributed by atoms with van der Waals surface area (Å²) in [6.45, 7) is -0.0801. The van der Waals surface area contributed by atoms with Crippen LogP contribution < -0.4 is 5.73 Å². The Labute approximate surface area is 121 Å². The predicted octanol–water partition coefficient (Wildman–Crippen LogP) is -3.72. The van der Waals surface area contributed by atoms with Gasteiger partial charge < -0.3 is 45.5 Å². The third-order valence-electron chi connectivity index (χ3n) is 3.89. The van der Waals surface area contributed by atoms with Gasteiger partial charge in [0.2, 0.25) is 0 Å². The molecule has 2 saturated heterocycles. The Morgan fingerprint density at radius 1 is 1.00 bits per heavy atom. The molecule has 8 atom stereocenters. The molecule has 0 aliphatic carbocycles. The zero-order valence-electron chi connectivity index (χ0n) is 11.5. The Kier molecular flexibility index (Phi) is 5.88. The van der Waals surface area contributed by atoms with Gasteiger partial charge >= 0.3 is 0 Å². The topological polar surface area (TPSA) is 155 Å². The first-order valence-electron chi connectivity index (χ1n) is 6.95. The van der Waals surface area contributed by atoms with Crippen LogP contribution in [0.1, 0.15) is 6.42 Å². The number of hydrogen-bond donors (Lipinski definition) is 6. The average Bonchev–Trinajstić information content (AvgIpc) is 2.49. The normalized spacial score (nSPS) is 48.3. The molecule has 0 saturated carbocycles. The molecule has 9 nitrogen and oxygen atoms in total. The van der Waals surface area contributed by atoms with Crippen LogP contribution in [-0.2, 0) is 14.2 Å². The van der Waals surface area contributed by atoms with Gasteiger partial charge in [0.25, 0.3) is 0 Å². The third-order valence-corrected chi connectivity index (χ3v) is 3.89. The Balaban J connectivity index is 2.00. The largest absolute Gasteiger partial charge is 0.394 e. The van der Waals surface area contributed by atoms with Crippen molar-refractivity contribution in [3.63, 3.8) is 0 Å². The van der Waals surface area contributed by atoms with E-state index in [-0.39, 0.29) is 6.54 Å². The molecule has 2 aliphatic heterocycles. The minimum Gasteiger partial charge on any atom is -0.394 e. The first kappa shape index (κ1) is 17.0. The number of ether oxygens (including phenoxy) is 3. The van der Waals surface area contributed by atoms with Crippen LogP contribution in [0.4, 0.5) is 0 Å². The molecular weight excluding hydrogens is 286 g/mol. The highest BCUT2D eigenvalue weighted by Crippen LogP contribution is 2.26. The fourth-order valence-corrected chi connectivity index (χ4v) is 2.55. The van der Waals surface area contributed by atoms with Crippen LogP contribution in [0.2, 0.25) is 0 Å². The summed E-state index contributed by atoms with van der Waals surface area (Å²) in [5, 5.41) is 48.4. The fourth-order valence-electron chi connectivity index (χ4n) is 2.55. The number of nitrogens with two attached hydrogens (primary N) is 1. The SMILES string of the molecule is NC[C@H]1OCC[C@@H](O[C@H]2O[C@H](CO)[C@@H](O)[C@H](O)[C@H]2O)[C@@H]1O. The quantitative estimate of drug-likeness (QED) is 0.307. The fraction of sp³-hybridized carbons (Fsp3) is 1.00. The van der Waals surface area contributed by atoms with Crippen molar-refractivity contribution in [2.24, 2.45) is 5.73 Å². The van der Waals surface area contributed by atoms with Crippen LogP contribution in [-0.4, -0.2) is 94.3 Å². The van der Waals surface area contributed by atoms with Crippen LogP contribution >= 0.6 is 0 Å². The molecule has 124 valence electrons. The molecule has 2 aliphatic rings. The summed E-state index contributed by atoms with van der Waals surface area (Å²) >= 11 is 0. The van der Waals surface area contributed by atoms with Gasteiger partial charge in [0.15, 0.2) is 6.29 Å². The van der Waals surface area contributed by atoms with E-state index in [2.05, 4.69) is 0 Å². The molecule has 0 amide bonds. The van der Waals surface area contributed by atoms with Crippen molar-refractivity contribution in [2.75, 3.05) is 19.8 Å². The van der Waals surface area contributed by atoms with E-state index in [1.807, 2.05) is 0 Å². The van der Waals surface area contributed by atoms with Crippen LogP contribution in [0.15, 0.2) is 0 Å². The number of rotatable bonds is 4. The highest BCUT2D eigenvalue weighted by atomic mass is 16.7. The van der Waals surface area contributed by atoms with Gasteiger partial charge in [-0.15, -0.1) is 0 Å². The van der Waals surface area contributed by atoms with Crippen molar-refractivity contribution < 1.29 is 39.7 Å². The molecule has 0 aromatic carbocycles. The summed E-state index contributed by atoms with van der Waals surface area (Å²) in [5.74, 6) is 0. The lowest BCUT2D eigenvalue weighted by Crippen LogP contribution is -2.61. The highest BCUT2D eigenvalue weighted by molar-refractivity contribution is 4.90. The Morgan fingerprint density at radius 2 is 1.71 bits per heavy atom. The van der Waals surface area contributed by atoms with E-state index in [0.717, 1.165) is 0 Å². The van der Waals surface area contributed by atoms with Crippen molar-refractivity contribution in [1.29, 1.82) is 0 Å². The third kappa shape index (κ3) is 3.52. The first-order chi connectivity index (χ1) is 9.99. The second-order valence-electron chi connectivity index (χ2n) is 5.30. The number of hydrogen-bond acceptors (Lipinski definition) is 9. The summed E-state index contributed by atoms with van der Waals surface area (Å²) in [6, 6.07) is 0. The molecule has 0 radical (unpaired) electrons. The van der Waals surface area contributed by atoms with E-state index in [1.54, 1.807) is 0 Å². The summed E-state index contributed by atoms with van der Waals surface area (Å²) < 4.78 is 16.0. The van der Waals surface area contributed by atoms with Gasteiger partial charge in [-0.3, -0.25) is 0 Å². The Bertz CT molecular complexity index is 330. The van der Waals surface area contributed by atoms with Crippen LogP contribution in [0, 0.1) is 0 Å². The lowest BCUT2D eigenvalue weighted by atomic mass is 9.98. The summed E-state index contributed by atoms with van der Waals surface area (Å²) in [7, 11) is 0. The monoisotopic (exact) mass is 309 g/mol. The van der Waals surface area contributed by atoms with Gasteiger partial charge in [0.05, 0.1) is 18.8 Å². The van der Waals surface area contributed by atoms with E-state index in [1.165, 1.54) is 0 Å². The maximum absolute atomic E-state index is 10.1. The molecule has 0 spiro atoms. The van der Waals surface area contributed by atoms with E-state index in [9.17, 15) is 20.4 Å². The van der Waals surface area contributed by atoms with E-state index in [0.29, 0.717) is 13.0 Å². The van der Waals surface area contributed by atoms with Gasteiger partial charge in [0.1, 0.15) is 30.5 Å². The maximum Gasteiger partial charge on any atom is 0.187 e. The Hall–Kier alpha value is -0.360. The smallest absolute Gasteiger partial charge is 0.187 e. The number of aliphatic hydroxyl groups is 5. The molecule has 7 N–H and O–H groups in total. The van der Waals surface area contributed by atoms with Gasteiger partial charge in [-0.05, 0) is 6.42 Å². The zero-order chi connectivity index (χ0) is 15.6. The summed E-state index contributed by atoms with van der Waals surface area (Å²) in [5.41, 5.74) is 5.47. The van der Waals surface area contributed by atoms with Gasteiger partial charge in [0, 0.05) is 13.2 Å². The van der Waals surface area contributed by atoms with Crippen LogP contribution in [0.25, 0.3) is 0 Å². The zero-order valence-corrected chi connectivity index (χ0v) is 11.5. The molecule has 9 heteroatoms. The average molecular weight is 309 g/mol. The molecule has 2 rings (SSSR count). The summed E-state index contributed by atoms with van der Waals surface area (Å²) in [4.78, 5) is 0. The van der Waals surface area contributed by atoms with Crippen LogP contribution in [0.3, 0.4) is 0 Å². The lowest BCUT2D eigenvalue weighted by molar-refractivity contribution is -0.324. The molecule has 2 fully saturated rings. The molecule has 0 bridgehead atoms. The van der Waals surface area contributed by atoms with Crippen molar-refractivity contribution in [1.82, 2.24) is 0 Å². The van der Waals surface area contributed by atoms with E-state index in [4.69, 9.17) is 25.1 Å². The van der Waals surface area contributed by atoms with Crippen molar-refractivity contribution >= 4 is 0 Å². The van der Waals surface area contributed by atoms with E-state index < -0.39 is 55.6 Å². The molecule has 0 aromatic heterocycles. The molecule has 2 heterocycles. The minimum atomic E-state index is -1.51. The second kappa shape index (κ2) is 7.27. The van der Waals surface area contributed by atoms with Crippen molar-refractivity contribution in [3.8, 4) is 0 Å². The summed E-state index contributed by atoms with van der Waals surface area (Å²) in [6.07, 6.45) is -8.64. The van der Waals surface area contributed by atoms with Gasteiger partial charge in [-0.25, -0.2) is 0 Å². The van der Waals surface area contributed by atoms with Gasteiger partial charge in [-0.2, -0.15) is 0 Å². The molecular formula is C12H23NO8. The number of aliphatic hydroxyl groups excluding tert-OH is 5. The minimum absolute atomic E-state index is 0.121. The van der Waals surface area contributed by atoms with Crippen molar-refractivity contribution in [2.45, 2.75) is 55.4 Å². The Morgan fingerprint density at radius 3 is 2.33 bits per heavy atom. The van der Waals surface area contributed by atoms with Crippen molar-refractivity contribution in [3.05, 3.63) is 0 Å². The van der Waals surface area contributed by atoms with Crippen LogP contribution in [0.5, 0.6) is 0 Å². The molecule has 0 aromatic rings. The maximum atomic E-state index is 10.1. The predicted molar refractivity (Wildman–Crippen MR) is 68.1 cm³/mol. The first-order valence-corrected chi connectivity index (χ1v) is 6.95. The van der Waals surface area contributed by atoms with E-state index >= 15 is 0 Å². The lowest BCUT2D eigenvalue weighted by Gasteiger charge is -2.43. The molecule has 0 unspecified atom stereocenters. The highest BCUT2D eigenvalue weighted by Gasteiger charge is 2.46. The second-order valence-corrected chi connectivity index (χ2v) is 5.30. The van der Waals surface area contributed by atoms with Gasteiger partial charge in [-0.1, -0.05) is 0 Å². The standard InChI is InChI=1S/C12H23NO8/c13-3-6-8(15)5(1-2-19-6)20-12-11(18)10(17)9(16)7(4-14)21-12/h5-12,14-18H,1-4,13H2/t5-,6-,7-,8+,9-,10+,11-,12+/m1/s1. The molecule has 21 heavy (non-hydrogen) atoms.